The highest BCUT2D eigenvalue weighted by atomic mass is 16.4. The second-order valence-corrected chi connectivity index (χ2v) is 5.65. The first-order chi connectivity index (χ1) is 8.88. The molecule has 2 atom stereocenters. The minimum atomic E-state index is -1.30. The molecule has 19 heavy (non-hydrogen) atoms. The van der Waals surface area contributed by atoms with Crippen molar-refractivity contribution in [3.05, 3.63) is 0 Å². The smallest absolute Gasteiger partial charge is 0.451 e. The van der Waals surface area contributed by atoms with Gasteiger partial charge in [0.15, 0.2) is 0 Å². The van der Waals surface area contributed by atoms with E-state index < -0.39 is 18.6 Å². The predicted octanol–water partition coefficient (Wildman–Crippen LogP) is -0.376. The zero-order chi connectivity index (χ0) is 14.5. The minimum absolute atomic E-state index is 0.0590. The molecule has 1 rings (SSSR count). The molecule has 0 aliphatic carbocycles. The van der Waals surface area contributed by atoms with E-state index in [0.29, 0.717) is 32.1 Å². The van der Waals surface area contributed by atoms with E-state index in [1.54, 1.807) is 0 Å². The van der Waals surface area contributed by atoms with E-state index in [4.69, 9.17) is 10.0 Å². The van der Waals surface area contributed by atoms with Gasteiger partial charge < -0.3 is 25.4 Å². The lowest BCUT2D eigenvalue weighted by Gasteiger charge is -2.32. The van der Waals surface area contributed by atoms with Gasteiger partial charge in [-0.1, -0.05) is 6.42 Å². The Morgan fingerprint density at radius 1 is 1.47 bits per heavy atom. The number of hydrogen-bond donors (Lipinski definition) is 4. The van der Waals surface area contributed by atoms with Crippen molar-refractivity contribution >= 4 is 13.1 Å². The van der Waals surface area contributed by atoms with Gasteiger partial charge in [0, 0.05) is 0 Å². The molecule has 0 aromatic carbocycles. The summed E-state index contributed by atoms with van der Waals surface area (Å²) >= 11 is 0. The Morgan fingerprint density at radius 2 is 2.16 bits per heavy atom. The molecule has 0 amide bonds. The molecule has 1 heterocycles. The summed E-state index contributed by atoms with van der Waals surface area (Å²) in [5.74, 6) is -0.731. The van der Waals surface area contributed by atoms with E-state index in [1.165, 1.54) is 0 Å². The fraction of sp³-hybridized carbons (Fsp3) is 0.917. The number of nitrogens with one attached hydrogen (secondary N) is 1. The van der Waals surface area contributed by atoms with Crippen molar-refractivity contribution in [2.75, 3.05) is 27.2 Å². The van der Waals surface area contributed by atoms with Crippen molar-refractivity contribution in [3.63, 3.8) is 0 Å². The van der Waals surface area contributed by atoms with Gasteiger partial charge in [0.1, 0.15) is 5.54 Å². The van der Waals surface area contributed by atoms with E-state index in [9.17, 15) is 9.90 Å². The topological polar surface area (TPSA) is 93.0 Å². The van der Waals surface area contributed by atoms with E-state index in [1.807, 2.05) is 19.0 Å². The summed E-state index contributed by atoms with van der Waals surface area (Å²) in [5, 5.41) is 30.5. The summed E-state index contributed by atoms with van der Waals surface area (Å²) in [7, 11) is 2.57. The lowest BCUT2D eigenvalue weighted by molar-refractivity contribution is -0.146. The maximum atomic E-state index is 11.7. The van der Waals surface area contributed by atoms with Gasteiger partial charge in [-0.15, -0.1) is 0 Å². The fourth-order valence-corrected chi connectivity index (χ4v) is 2.85. The van der Waals surface area contributed by atoms with E-state index in [0.717, 1.165) is 13.0 Å². The number of carboxylic acid groups (broad SMARTS) is 1. The third-order valence-corrected chi connectivity index (χ3v) is 3.98. The highest BCUT2D eigenvalue weighted by Gasteiger charge is 2.48. The predicted molar refractivity (Wildman–Crippen MR) is 73.9 cm³/mol. The molecular weight excluding hydrogens is 247 g/mol. The van der Waals surface area contributed by atoms with E-state index >= 15 is 0 Å². The van der Waals surface area contributed by atoms with Crippen LogP contribution in [0.3, 0.4) is 0 Å². The van der Waals surface area contributed by atoms with Crippen LogP contribution in [0.25, 0.3) is 0 Å². The van der Waals surface area contributed by atoms with Crippen LogP contribution in [0.1, 0.15) is 25.7 Å². The van der Waals surface area contributed by atoms with Gasteiger partial charge in [0.2, 0.25) is 0 Å². The van der Waals surface area contributed by atoms with Gasteiger partial charge in [-0.05, 0) is 58.7 Å². The molecule has 6 nitrogen and oxygen atoms in total. The zero-order valence-corrected chi connectivity index (χ0v) is 11.8. The average Bonchev–Trinajstić information content (AvgIpc) is 2.70. The number of rotatable bonds is 8. The maximum absolute atomic E-state index is 11.7. The molecule has 1 saturated heterocycles. The number of carbonyl (C=O) groups is 1. The van der Waals surface area contributed by atoms with Crippen LogP contribution in [-0.2, 0) is 4.79 Å². The number of hydrogen-bond acceptors (Lipinski definition) is 5. The van der Waals surface area contributed by atoms with Gasteiger partial charge in [-0.2, -0.15) is 0 Å². The normalized spacial score (nSPS) is 26.9. The Kier molecular flexibility index (Phi) is 6.26. The van der Waals surface area contributed by atoms with Gasteiger partial charge in [-0.3, -0.25) is 4.79 Å². The van der Waals surface area contributed by atoms with Crippen molar-refractivity contribution in [2.24, 2.45) is 5.92 Å². The molecule has 0 aromatic rings. The average molecular weight is 272 g/mol. The molecule has 7 heteroatoms. The molecule has 0 aromatic heterocycles. The van der Waals surface area contributed by atoms with Crippen LogP contribution in [0.5, 0.6) is 0 Å². The van der Waals surface area contributed by atoms with Crippen LogP contribution >= 0.6 is 0 Å². The Balaban J connectivity index is 2.63. The monoisotopic (exact) mass is 272 g/mol. The molecule has 0 radical (unpaired) electrons. The van der Waals surface area contributed by atoms with Gasteiger partial charge >= 0.3 is 13.1 Å². The molecule has 4 N–H and O–H groups in total. The summed E-state index contributed by atoms with van der Waals surface area (Å²) in [4.78, 5) is 13.6. The van der Waals surface area contributed by atoms with Gasteiger partial charge in [-0.25, -0.2) is 0 Å². The summed E-state index contributed by atoms with van der Waals surface area (Å²) < 4.78 is 0. The largest absolute Gasteiger partial charge is 0.480 e. The summed E-state index contributed by atoms with van der Waals surface area (Å²) in [6.45, 7) is 1.44. The van der Waals surface area contributed by atoms with E-state index in [2.05, 4.69) is 5.32 Å². The standard InChI is InChI=1S/C12H25BN2O4/c1-15(2)9-6-12(11(16)17)10(5-8-14-12)4-3-7-13(18)19/h10,14,18-19H,3-9H2,1-2H3,(H,16,17). The SMILES string of the molecule is CN(C)CCC1(C(=O)O)NCCC1CCCB(O)O. The van der Waals surface area contributed by atoms with Crippen molar-refractivity contribution in [1.29, 1.82) is 0 Å². The highest BCUT2D eigenvalue weighted by molar-refractivity contribution is 6.40. The third-order valence-electron chi connectivity index (χ3n) is 3.98. The Bertz CT molecular complexity index is 301. The second-order valence-electron chi connectivity index (χ2n) is 5.65. The van der Waals surface area contributed by atoms with Crippen LogP contribution < -0.4 is 5.32 Å². The Hall–Kier alpha value is -0.625. The van der Waals surface area contributed by atoms with Crippen molar-refractivity contribution in [2.45, 2.75) is 37.5 Å². The van der Waals surface area contributed by atoms with Crippen molar-refractivity contribution < 1.29 is 19.9 Å². The first-order valence-electron chi connectivity index (χ1n) is 6.88. The Labute approximate surface area is 114 Å². The first-order valence-corrected chi connectivity index (χ1v) is 6.88. The molecule has 0 saturated carbocycles. The second kappa shape index (κ2) is 7.24. The first kappa shape index (κ1) is 16.4. The molecule has 1 aliphatic rings. The summed E-state index contributed by atoms with van der Waals surface area (Å²) in [6.07, 6.45) is 3.06. The van der Waals surface area contributed by atoms with Crippen LogP contribution in [-0.4, -0.2) is 65.9 Å². The van der Waals surface area contributed by atoms with Crippen LogP contribution in [0, 0.1) is 5.92 Å². The minimum Gasteiger partial charge on any atom is -0.480 e. The molecule has 0 bridgehead atoms. The summed E-state index contributed by atoms with van der Waals surface area (Å²) in [6, 6.07) is 0. The third kappa shape index (κ3) is 4.45. The molecule has 110 valence electrons. The quantitative estimate of drug-likeness (QED) is 0.450. The van der Waals surface area contributed by atoms with Crippen LogP contribution in [0.4, 0.5) is 0 Å². The Morgan fingerprint density at radius 3 is 2.68 bits per heavy atom. The van der Waals surface area contributed by atoms with Gasteiger partial charge in [0.25, 0.3) is 0 Å². The van der Waals surface area contributed by atoms with Crippen LogP contribution in [0.2, 0.25) is 6.32 Å². The molecule has 1 aliphatic heterocycles. The number of nitrogens with zero attached hydrogens (tertiary/aromatic N) is 1. The molecule has 2 unspecified atom stereocenters. The van der Waals surface area contributed by atoms with Gasteiger partial charge in [0.05, 0.1) is 0 Å². The summed E-state index contributed by atoms with van der Waals surface area (Å²) in [5.41, 5.74) is -0.856. The van der Waals surface area contributed by atoms with E-state index in [-0.39, 0.29) is 5.92 Å². The lowest BCUT2D eigenvalue weighted by Crippen LogP contribution is -2.53. The fourth-order valence-electron chi connectivity index (χ4n) is 2.85. The zero-order valence-electron chi connectivity index (χ0n) is 11.8. The highest BCUT2D eigenvalue weighted by Crippen LogP contribution is 2.34. The van der Waals surface area contributed by atoms with Crippen LogP contribution in [0.15, 0.2) is 0 Å². The molecule has 0 spiro atoms. The van der Waals surface area contributed by atoms with Crippen molar-refractivity contribution in [1.82, 2.24) is 10.2 Å². The lowest BCUT2D eigenvalue weighted by atomic mass is 9.76. The van der Waals surface area contributed by atoms with Crippen molar-refractivity contribution in [3.8, 4) is 0 Å². The maximum Gasteiger partial charge on any atom is 0.451 e. The molecular formula is C12H25BN2O4. The number of aliphatic carboxylic acids is 1. The molecule has 1 fully saturated rings. The number of carboxylic acids is 1.